The number of hydrogen-bond acceptors (Lipinski definition) is 7. The van der Waals surface area contributed by atoms with Crippen LogP contribution in [0.4, 0.5) is 17.2 Å². The van der Waals surface area contributed by atoms with E-state index in [4.69, 9.17) is 4.98 Å². The molecule has 174 valence electrons. The second-order valence-electron chi connectivity index (χ2n) is 9.42. The fraction of sp³-hybridized carbons (Fsp3) is 0.417. The van der Waals surface area contributed by atoms with Gasteiger partial charge in [0.15, 0.2) is 0 Å². The summed E-state index contributed by atoms with van der Waals surface area (Å²) >= 11 is 0. The van der Waals surface area contributed by atoms with Crippen LogP contribution in [0, 0.1) is 5.41 Å². The lowest BCUT2D eigenvalue weighted by molar-refractivity contribution is 0.0735. The maximum absolute atomic E-state index is 12.4. The summed E-state index contributed by atoms with van der Waals surface area (Å²) in [5, 5.41) is 13.1. The average Bonchev–Trinajstić information content (AvgIpc) is 3.37. The van der Waals surface area contributed by atoms with Crippen LogP contribution in [0.3, 0.4) is 0 Å². The molecular weight excluding hydrogens is 416 g/mol. The maximum Gasteiger partial charge on any atom is 0.291 e. The number of amides is 1. The molecule has 1 fully saturated rings. The molecule has 2 aromatic heterocycles. The van der Waals surface area contributed by atoms with Gasteiger partial charge in [0.1, 0.15) is 12.1 Å². The number of carbonyl (C=O) groups excluding carboxylic acids is 1. The van der Waals surface area contributed by atoms with Crippen LogP contribution >= 0.6 is 0 Å². The minimum absolute atomic E-state index is 0.102. The molecule has 1 aromatic carbocycles. The van der Waals surface area contributed by atoms with Gasteiger partial charge in [-0.05, 0) is 29.7 Å². The van der Waals surface area contributed by atoms with Crippen LogP contribution in [0.5, 0.6) is 0 Å². The van der Waals surface area contributed by atoms with E-state index >= 15 is 0 Å². The van der Waals surface area contributed by atoms with Crippen molar-refractivity contribution >= 4 is 23.1 Å². The number of carbonyl (C=O) groups is 1. The number of pyridine rings is 1. The van der Waals surface area contributed by atoms with Crippen molar-refractivity contribution < 1.29 is 4.79 Å². The lowest BCUT2D eigenvalue weighted by Gasteiger charge is -2.35. The van der Waals surface area contributed by atoms with Gasteiger partial charge in [-0.3, -0.25) is 9.89 Å². The van der Waals surface area contributed by atoms with Crippen LogP contribution < -0.4 is 15.5 Å². The Kier molecular flexibility index (Phi) is 6.48. The molecule has 3 heterocycles. The van der Waals surface area contributed by atoms with Gasteiger partial charge in [-0.1, -0.05) is 32.9 Å². The second kappa shape index (κ2) is 9.48. The molecule has 3 N–H and O–H groups in total. The lowest BCUT2D eigenvalue weighted by Crippen LogP contribution is -2.49. The van der Waals surface area contributed by atoms with Crippen molar-refractivity contribution in [3.05, 3.63) is 48.5 Å². The summed E-state index contributed by atoms with van der Waals surface area (Å²) in [6, 6.07) is 12.6. The summed E-state index contributed by atoms with van der Waals surface area (Å²) in [7, 11) is 1.89. The average molecular weight is 449 g/mol. The van der Waals surface area contributed by atoms with Crippen LogP contribution in [0.25, 0.3) is 11.3 Å². The van der Waals surface area contributed by atoms with Crippen LogP contribution in [0.2, 0.25) is 0 Å². The number of aromatic amines is 1. The monoisotopic (exact) mass is 448 g/mol. The van der Waals surface area contributed by atoms with E-state index < -0.39 is 0 Å². The van der Waals surface area contributed by atoms with Crippen molar-refractivity contribution in [1.82, 2.24) is 25.1 Å². The Hall–Kier alpha value is -3.62. The highest BCUT2D eigenvalue weighted by molar-refractivity contribution is 5.90. The predicted molar refractivity (Wildman–Crippen MR) is 132 cm³/mol. The smallest absolute Gasteiger partial charge is 0.291 e. The fourth-order valence-corrected chi connectivity index (χ4v) is 3.78. The molecule has 0 aliphatic carbocycles. The van der Waals surface area contributed by atoms with Crippen LogP contribution in [0.1, 0.15) is 31.4 Å². The summed E-state index contributed by atoms with van der Waals surface area (Å²) < 4.78 is 0. The van der Waals surface area contributed by atoms with Gasteiger partial charge in [0.2, 0.25) is 5.82 Å². The highest BCUT2D eigenvalue weighted by Gasteiger charge is 2.24. The molecular formula is C24H32N8O. The van der Waals surface area contributed by atoms with Gasteiger partial charge in [0.05, 0.1) is 11.4 Å². The van der Waals surface area contributed by atoms with Crippen molar-refractivity contribution in [1.29, 1.82) is 0 Å². The Balaban J connectivity index is 1.40. The van der Waals surface area contributed by atoms with E-state index in [9.17, 15) is 4.79 Å². The quantitative estimate of drug-likeness (QED) is 0.532. The molecule has 1 aliphatic heterocycles. The molecule has 0 spiro atoms. The zero-order valence-electron chi connectivity index (χ0n) is 19.7. The molecule has 1 aliphatic rings. The van der Waals surface area contributed by atoms with Crippen molar-refractivity contribution in [2.24, 2.45) is 5.41 Å². The number of piperazine rings is 1. The minimum Gasteiger partial charge on any atom is -0.382 e. The summed E-state index contributed by atoms with van der Waals surface area (Å²) in [6.45, 7) is 10.3. The molecule has 0 saturated carbocycles. The number of nitrogens with one attached hydrogen (secondary N) is 3. The van der Waals surface area contributed by atoms with Crippen molar-refractivity contribution in [3.8, 4) is 11.3 Å². The van der Waals surface area contributed by atoms with Crippen molar-refractivity contribution in [2.45, 2.75) is 20.8 Å². The van der Waals surface area contributed by atoms with E-state index in [1.165, 1.54) is 6.33 Å². The number of aromatic nitrogens is 4. The first-order valence-electron chi connectivity index (χ1n) is 11.3. The third-order valence-electron chi connectivity index (χ3n) is 5.65. The molecule has 9 nitrogen and oxygen atoms in total. The molecule has 9 heteroatoms. The zero-order chi connectivity index (χ0) is 23.4. The minimum atomic E-state index is -0.102. The molecule has 0 unspecified atom stereocenters. The van der Waals surface area contributed by atoms with E-state index in [0.29, 0.717) is 18.9 Å². The van der Waals surface area contributed by atoms with Gasteiger partial charge in [-0.2, -0.15) is 5.10 Å². The molecule has 1 saturated heterocycles. The van der Waals surface area contributed by atoms with E-state index in [1.807, 2.05) is 11.9 Å². The van der Waals surface area contributed by atoms with Gasteiger partial charge in [-0.25, -0.2) is 9.97 Å². The normalized spacial score (nSPS) is 14.3. The maximum atomic E-state index is 12.4. The Morgan fingerprint density at radius 3 is 2.39 bits per heavy atom. The number of nitrogens with zero attached hydrogens (tertiary/aromatic N) is 5. The van der Waals surface area contributed by atoms with Gasteiger partial charge < -0.3 is 20.4 Å². The standard InChI is InChI=1S/C24H32N8O/c1-24(2,3)15-26-20-10-9-19(29-21(20)25-4)17-5-7-18(8-6-17)31-11-13-32(14-12-31)23(33)22-27-16-28-30-22/h5-10,16,26H,11-15H2,1-4H3,(H,25,29)(H,27,28,30). The number of H-pyrrole nitrogens is 1. The molecule has 33 heavy (non-hydrogen) atoms. The number of hydrogen-bond donors (Lipinski definition) is 3. The van der Waals surface area contributed by atoms with E-state index in [1.54, 1.807) is 0 Å². The second-order valence-corrected chi connectivity index (χ2v) is 9.42. The summed E-state index contributed by atoms with van der Waals surface area (Å²) in [6.07, 6.45) is 1.36. The molecule has 3 aromatic rings. The fourth-order valence-electron chi connectivity index (χ4n) is 3.78. The van der Waals surface area contributed by atoms with Crippen molar-refractivity contribution in [3.63, 3.8) is 0 Å². The number of anilines is 3. The summed E-state index contributed by atoms with van der Waals surface area (Å²) in [4.78, 5) is 25.3. The van der Waals surface area contributed by atoms with Crippen molar-refractivity contribution in [2.75, 3.05) is 55.3 Å². The first-order chi connectivity index (χ1) is 15.8. The Bertz CT molecular complexity index is 1060. The lowest BCUT2D eigenvalue weighted by atomic mass is 9.97. The highest BCUT2D eigenvalue weighted by Crippen LogP contribution is 2.28. The van der Waals surface area contributed by atoms with E-state index in [0.717, 1.165) is 48.1 Å². The number of rotatable bonds is 6. The largest absolute Gasteiger partial charge is 0.382 e. The van der Waals surface area contributed by atoms with Gasteiger partial charge in [0, 0.05) is 51.0 Å². The first kappa shape index (κ1) is 22.6. The van der Waals surface area contributed by atoms with Crippen LogP contribution in [0.15, 0.2) is 42.7 Å². The predicted octanol–water partition coefficient (Wildman–Crippen LogP) is 3.33. The zero-order valence-corrected chi connectivity index (χ0v) is 19.7. The summed E-state index contributed by atoms with van der Waals surface area (Å²) in [5.74, 6) is 1.03. The summed E-state index contributed by atoms with van der Waals surface area (Å²) in [5.41, 5.74) is 4.33. The number of benzene rings is 1. The topological polar surface area (TPSA) is 102 Å². The third kappa shape index (κ3) is 5.42. The van der Waals surface area contributed by atoms with E-state index in [-0.39, 0.29) is 11.3 Å². The molecule has 0 radical (unpaired) electrons. The molecule has 0 bridgehead atoms. The SMILES string of the molecule is CNc1nc(-c2ccc(N3CCN(C(=O)c4ncn[nH]4)CC3)cc2)ccc1NCC(C)(C)C. The molecule has 0 atom stereocenters. The molecule has 4 rings (SSSR count). The van der Waals surface area contributed by atoms with Crippen LogP contribution in [-0.4, -0.2) is 70.7 Å². The van der Waals surface area contributed by atoms with Gasteiger partial charge in [-0.15, -0.1) is 0 Å². The van der Waals surface area contributed by atoms with Crippen LogP contribution in [-0.2, 0) is 0 Å². The highest BCUT2D eigenvalue weighted by atomic mass is 16.2. The third-order valence-corrected chi connectivity index (χ3v) is 5.65. The Morgan fingerprint density at radius 1 is 1.06 bits per heavy atom. The molecule has 1 amide bonds. The van der Waals surface area contributed by atoms with Gasteiger partial charge in [0.25, 0.3) is 5.91 Å². The Labute approximate surface area is 194 Å². The van der Waals surface area contributed by atoms with E-state index in [2.05, 4.69) is 87.9 Å². The first-order valence-corrected chi connectivity index (χ1v) is 11.3. The van der Waals surface area contributed by atoms with Gasteiger partial charge >= 0.3 is 0 Å². The Morgan fingerprint density at radius 2 is 1.79 bits per heavy atom.